The number of piperidine rings is 1. The topological polar surface area (TPSA) is 45.2 Å². The van der Waals surface area contributed by atoms with Crippen molar-refractivity contribution < 1.29 is 9.18 Å². The molecule has 2 heterocycles. The fraction of sp³-hybridized carbons (Fsp3) is 0.400. The van der Waals surface area contributed by atoms with Crippen LogP contribution in [0.1, 0.15) is 35.8 Å². The number of nitrogens with one attached hydrogen (secondary N) is 1. The van der Waals surface area contributed by atoms with Gasteiger partial charge in [-0.2, -0.15) is 0 Å². The van der Waals surface area contributed by atoms with E-state index >= 15 is 0 Å². The van der Waals surface area contributed by atoms with Crippen LogP contribution in [-0.4, -0.2) is 30.5 Å². The second-order valence-electron chi connectivity index (χ2n) is 6.73. The summed E-state index contributed by atoms with van der Waals surface area (Å²) in [6.45, 7) is 4.81. The molecule has 132 valence electrons. The fourth-order valence-corrected chi connectivity index (χ4v) is 3.23. The van der Waals surface area contributed by atoms with Crippen LogP contribution in [0.5, 0.6) is 0 Å². The first-order chi connectivity index (χ1) is 12.1. The van der Waals surface area contributed by atoms with Gasteiger partial charge in [-0.05, 0) is 55.0 Å². The predicted octanol–water partition coefficient (Wildman–Crippen LogP) is 3.43. The summed E-state index contributed by atoms with van der Waals surface area (Å²) in [4.78, 5) is 18.9. The summed E-state index contributed by atoms with van der Waals surface area (Å²) in [6.07, 6.45) is 4.81. The van der Waals surface area contributed by atoms with Crippen LogP contribution in [-0.2, 0) is 6.42 Å². The summed E-state index contributed by atoms with van der Waals surface area (Å²) in [7, 11) is 0. The summed E-state index contributed by atoms with van der Waals surface area (Å²) >= 11 is 0. The van der Waals surface area contributed by atoms with Gasteiger partial charge in [-0.1, -0.05) is 19.1 Å². The molecule has 4 nitrogen and oxygen atoms in total. The second kappa shape index (κ2) is 8.10. The van der Waals surface area contributed by atoms with Gasteiger partial charge >= 0.3 is 0 Å². The lowest BCUT2D eigenvalue weighted by atomic mass is 10.00. The average Bonchev–Trinajstić information content (AvgIpc) is 2.63. The zero-order valence-electron chi connectivity index (χ0n) is 14.5. The van der Waals surface area contributed by atoms with Crippen molar-refractivity contribution in [2.75, 3.05) is 24.5 Å². The van der Waals surface area contributed by atoms with Crippen LogP contribution >= 0.6 is 0 Å². The van der Waals surface area contributed by atoms with Crippen molar-refractivity contribution in [2.45, 2.75) is 26.2 Å². The average molecular weight is 341 g/mol. The van der Waals surface area contributed by atoms with Gasteiger partial charge in [0, 0.05) is 31.5 Å². The Morgan fingerprint density at radius 1 is 1.32 bits per heavy atom. The Balaban J connectivity index is 1.56. The number of pyridine rings is 1. The highest BCUT2D eigenvalue weighted by atomic mass is 19.1. The van der Waals surface area contributed by atoms with E-state index in [-0.39, 0.29) is 11.7 Å². The number of rotatable bonds is 5. The van der Waals surface area contributed by atoms with E-state index in [0.717, 1.165) is 24.3 Å². The van der Waals surface area contributed by atoms with E-state index in [0.29, 0.717) is 24.6 Å². The molecule has 0 aliphatic carbocycles. The Morgan fingerprint density at radius 3 is 2.88 bits per heavy atom. The quantitative estimate of drug-likeness (QED) is 0.906. The van der Waals surface area contributed by atoms with Crippen LogP contribution in [0, 0.1) is 11.7 Å². The summed E-state index contributed by atoms with van der Waals surface area (Å²) in [5.41, 5.74) is 2.49. The number of amides is 1. The maximum atomic E-state index is 12.9. The van der Waals surface area contributed by atoms with Gasteiger partial charge in [-0.15, -0.1) is 0 Å². The fourth-order valence-electron chi connectivity index (χ4n) is 3.23. The number of benzene rings is 1. The molecular formula is C20H24FN3O. The van der Waals surface area contributed by atoms with Crippen molar-refractivity contribution in [1.82, 2.24) is 10.3 Å². The first-order valence-electron chi connectivity index (χ1n) is 8.85. The zero-order valence-corrected chi connectivity index (χ0v) is 14.5. The van der Waals surface area contributed by atoms with E-state index in [4.69, 9.17) is 0 Å². The highest BCUT2D eigenvalue weighted by Gasteiger charge is 2.18. The Labute approximate surface area is 148 Å². The maximum absolute atomic E-state index is 12.9. The molecule has 1 aliphatic heterocycles. The van der Waals surface area contributed by atoms with Crippen molar-refractivity contribution in [2.24, 2.45) is 5.92 Å². The highest BCUT2D eigenvalue weighted by molar-refractivity contribution is 5.93. The van der Waals surface area contributed by atoms with Crippen LogP contribution < -0.4 is 10.2 Å². The maximum Gasteiger partial charge on any atom is 0.269 e. The van der Waals surface area contributed by atoms with E-state index in [2.05, 4.69) is 22.1 Å². The molecule has 0 bridgehead atoms. The SMILES string of the molecule is CC1CCCN(c2ccnc(C(=O)NCCc3ccc(F)cc3)c2)C1. The highest BCUT2D eigenvalue weighted by Crippen LogP contribution is 2.22. The van der Waals surface area contributed by atoms with Gasteiger partial charge in [0.2, 0.25) is 0 Å². The molecule has 1 fully saturated rings. The number of nitrogens with zero attached hydrogens (tertiary/aromatic N) is 2. The smallest absolute Gasteiger partial charge is 0.269 e. The van der Waals surface area contributed by atoms with Crippen LogP contribution in [0.2, 0.25) is 0 Å². The molecule has 0 spiro atoms. The molecule has 1 aromatic carbocycles. The number of carbonyl (C=O) groups excluding carboxylic acids is 1. The molecule has 1 unspecified atom stereocenters. The van der Waals surface area contributed by atoms with Crippen molar-refractivity contribution in [1.29, 1.82) is 0 Å². The van der Waals surface area contributed by atoms with Crippen LogP contribution in [0.3, 0.4) is 0 Å². The summed E-state index contributed by atoms with van der Waals surface area (Å²) < 4.78 is 12.9. The molecule has 2 aromatic rings. The first kappa shape index (κ1) is 17.4. The van der Waals surface area contributed by atoms with E-state index in [1.165, 1.54) is 25.0 Å². The molecular weight excluding hydrogens is 317 g/mol. The molecule has 1 aromatic heterocycles. The van der Waals surface area contributed by atoms with Crippen LogP contribution in [0.15, 0.2) is 42.6 Å². The van der Waals surface area contributed by atoms with E-state index in [1.807, 2.05) is 12.1 Å². The number of aromatic nitrogens is 1. The molecule has 5 heteroatoms. The predicted molar refractivity (Wildman–Crippen MR) is 97.3 cm³/mol. The van der Waals surface area contributed by atoms with Crippen molar-refractivity contribution in [3.63, 3.8) is 0 Å². The zero-order chi connectivity index (χ0) is 17.6. The van der Waals surface area contributed by atoms with Crippen molar-refractivity contribution in [3.05, 3.63) is 59.7 Å². The minimum Gasteiger partial charge on any atom is -0.371 e. The molecule has 25 heavy (non-hydrogen) atoms. The lowest BCUT2D eigenvalue weighted by molar-refractivity contribution is 0.0949. The Morgan fingerprint density at radius 2 is 2.12 bits per heavy atom. The molecule has 0 saturated carbocycles. The van der Waals surface area contributed by atoms with Crippen LogP contribution in [0.25, 0.3) is 0 Å². The van der Waals surface area contributed by atoms with Crippen LogP contribution in [0.4, 0.5) is 10.1 Å². The summed E-state index contributed by atoms with van der Waals surface area (Å²) in [6, 6.07) is 10.2. The van der Waals surface area contributed by atoms with Crippen molar-refractivity contribution in [3.8, 4) is 0 Å². The molecule has 0 radical (unpaired) electrons. The van der Waals surface area contributed by atoms with Gasteiger partial charge in [0.05, 0.1) is 0 Å². The minimum atomic E-state index is -0.249. The van der Waals surface area contributed by atoms with E-state index in [1.54, 1.807) is 18.3 Å². The normalized spacial score (nSPS) is 17.4. The minimum absolute atomic E-state index is 0.172. The first-order valence-corrected chi connectivity index (χ1v) is 8.85. The number of hydrogen-bond acceptors (Lipinski definition) is 3. The number of anilines is 1. The van der Waals surface area contributed by atoms with Gasteiger partial charge in [-0.3, -0.25) is 9.78 Å². The molecule has 3 rings (SSSR count). The summed E-state index contributed by atoms with van der Waals surface area (Å²) in [5, 5.41) is 2.89. The number of carbonyl (C=O) groups is 1. The Kier molecular flexibility index (Phi) is 5.64. The second-order valence-corrected chi connectivity index (χ2v) is 6.73. The van der Waals surface area contributed by atoms with Gasteiger partial charge in [0.25, 0.3) is 5.91 Å². The van der Waals surface area contributed by atoms with Crippen molar-refractivity contribution >= 4 is 11.6 Å². The third-order valence-corrected chi connectivity index (χ3v) is 4.61. The van der Waals surface area contributed by atoms with Gasteiger partial charge in [0.15, 0.2) is 0 Å². The molecule has 1 N–H and O–H groups in total. The number of hydrogen-bond donors (Lipinski definition) is 1. The third kappa shape index (κ3) is 4.78. The monoisotopic (exact) mass is 341 g/mol. The number of halogens is 1. The van der Waals surface area contributed by atoms with E-state index < -0.39 is 0 Å². The molecule has 1 saturated heterocycles. The molecule has 1 amide bonds. The standard InChI is InChI=1S/C20H24FN3O/c1-15-3-2-12-24(14-15)18-9-11-22-19(13-18)20(25)23-10-8-16-4-6-17(21)7-5-16/h4-7,9,11,13,15H,2-3,8,10,12,14H2,1H3,(H,23,25). The molecule has 1 atom stereocenters. The third-order valence-electron chi connectivity index (χ3n) is 4.61. The Bertz CT molecular complexity index is 717. The van der Waals surface area contributed by atoms with Gasteiger partial charge in [0.1, 0.15) is 11.5 Å². The van der Waals surface area contributed by atoms with Gasteiger partial charge in [-0.25, -0.2) is 4.39 Å². The lowest BCUT2D eigenvalue weighted by Gasteiger charge is -2.32. The lowest BCUT2D eigenvalue weighted by Crippen LogP contribution is -2.34. The van der Waals surface area contributed by atoms with E-state index in [9.17, 15) is 9.18 Å². The van der Waals surface area contributed by atoms with Gasteiger partial charge < -0.3 is 10.2 Å². The summed E-state index contributed by atoms with van der Waals surface area (Å²) in [5.74, 6) is 0.254. The Hall–Kier alpha value is -2.43. The molecule has 1 aliphatic rings. The largest absolute Gasteiger partial charge is 0.371 e.